The fourth-order valence-electron chi connectivity index (χ4n) is 1.39. The van der Waals surface area contributed by atoms with Gasteiger partial charge in [0.15, 0.2) is 0 Å². The molecule has 0 saturated carbocycles. The number of phenols is 1. The maximum absolute atomic E-state index is 9.55. The van der Waals surface area contributed by atoms with Gasteiger partial charge in [-0.2, -0.15) is 0 Å². The van der Waals surface area contributed by atoms with Gasteiger partial charge in [0.05, 0.1) is 0 Å². The van der Waals surface area contributed by atoms with Gasteiger partial charge in [0.1, 0.15) is 5.75 Å². The van der Waals surface area contributed by atoms with Crippen molar-refractivity contribution < 1.29 is 5.11 Å². The summed E-state index contributed by atoms with van der Waals surface area (Å²) in [5.74, 6) is 0.855. The molecule has 1 aromatic carbocycles. The molecule has 1 heterocycles. The van der Waals surface area contributed by atoms with Crippen molar-refractivity contribution in [3.8, 4) is 5.75 Å². The molecule has 64 valence electrons. The zero-order valence-corrected chi connectivity index (χ0v) is 7.51. The van der Waals surface area contributed by atoms with Gasteiger partial charge >= 0.3 is 0 Å². The van der Waals surface area contributed by atoms with Crippen molar-refractivity contribution in [1.82, 2.24) is 5.32 Å². The lowest BCUT2D eigenvalue weighted by Gasteiger charge is -2.28. The smallest absolute Gasteiger partial charge is 0.120 e. The van der Waals surface area contributed by atoms with E-state index in [9.17, 15) is 5.11 Å². The lowest BCUT2D eigenvalue weighted by Crippen LogP contribution is -2.39. The first-order valence-corrected chi connectivity index (χ1v) is 4.44. The fourth-order valence-corrected chi connectivity index (χ4v) is 1.58. The van der Waals surface area contributed by atoms with Gasteiger partial charge in [0.25, 0.3) is 0 Å². The number of hydrogen-bond acceptors (Lipinski definition) is 3. The van der Waals surface area contributed by atoms with E-state index in [0.717, 1.165) is 23.5 Å². The Labute approximate surface area is 77.0 Å². The van der Waals surface area contributed by atoms with Crippen LogP contribution in [0.15, 0.2) is 23.1 Å². The first kappa shape index (κ1) is 7.95. The second-order valence-electron chi connectivity index (χ2n) is 3.10. The monoisotopic (exact) mass is 181 g/mol. The van der Waals surface area contributed by atoms with Crippen molar-refractivity contribution in [2.45, 2.75) is 10.8 Å². The van der Waals surface area contributed by atoms with E-state index in [1.54, 1.807) is 6.07 Å². The van der Waals surface area contributed by atoms with Crippen molar-refractivity contribution in [3.63, 3.8) is 0 Å². The highest BCUT2D eigenvalue weighted by Gasteiger charge is 2.21. The average molecular weight is 181 g/mol. The van der Waals surface area contributed by atoms with E-state index in [1.807, 2.05) is 12.1 Å². The summed E-state index contributed by atoms with van der Waals surface area (Å²) >= 11 is 4.14. The van der Waals surface area contributed by atoms with Crippen LogP contribution in [0.3, 0.4) is 0 Å². The molecule has 2 rings (SSSR count). The number of aromatic hydroxyl groups is 1. The van der Waals surface area contributed by atoms with Crippen molar-refractivity contribution in [2.75, 3.05) is 13.1 Å². The Morgan fingerprint density at radius 1 is 1.42 bits per heavy atom. The van der Waals surface area contributed by atoms with Crippen LogP contribution in [0, 0.1) is 0 Å². The maximum atomic E-state index is 9.55. The molecule has 12 heavy (non-hydrogen) atoms. The van der Waals surface area contributed by atoms with Crippen molar-refractivity contribution in [1.29, 1.82) is 0 Å². The molecule has 2 nitrogen and oxygen atoms in total. The first-order chi connectivity index (χ1) is 5.77. The van der Waals surface area contributed by atoms with Gasteiger partial charge < -0.3 is 10.4 Å². The summed E-state index contributed by atoms with van der Waals surface area (Å²) < 4.78 is 0. The SMILES string of the molecule is Oc1cc(S)ccc1C1CNC1. The van der Waals surface area contributed by atoms with E-state index in [4.69, 9.17) is 0 Å². The third-order valence-corrected chi connectivity index (χ3v) is 2.51. The first-order valence-electron chi connectivity index (χ1n) is 4.00. The molecular formula is C9H11NOS. The Balaban J connectivity index is 2.31. The van der Waals surface area contributed by atoms with Crippen LogP contribution in [0.2, 0.25) is 0 Å². The second-order valence-corrected chi connectivity index (χ2v) is 3.61. The zero-order chi connectivity index (χ0) is 8.55. The van der Waals surface area contributed by atoms with E-state index < -0.39 is 0 Å². The number of nitrogens with one attached hydrogen (secondary N) is 1. The lowest BCUT2D eigenvalue weighted by molar-refractivity contribution is 0.412. The number of phenolic OH excluding ortho intramolecular Hbond substituents is 1. The minimum atomic E-state index is 0.369. The fraction of sp³-hybridized carbons (Fsp3) is 0.333. The van der Waals surface area contributed by atoms with Crippen LogP contribution in [0.4, 0.5) is 0 Å². The van der Waals surface area contributed by atoms with Crippen LogP contribution < -0.4 is 5.32 Å². The highest BCUT2D eigenvalue weighted by atomic mass is 32.1. The summed E-state index contributed by atoms with van der Waals surface area (Å²) in [5, 5.41) is 12.7. The molecule has 0 aliphatic carbocycles. The Morgan fingerprint density at radius 2 is 2.17 bits per heavy atom. The van der Waals surface area contributed by atoms with Gasteiger partial charge in [0.2, 0.25) is 0 Å². The lowest BCUT2D eigenvalue weighted by atomic mass is 9.93. The summed E-state index contributed by atoms with van der Waals surface area (Å²) in [4.78, 5) is 0.809. The van der Waals surface area contributed by atoms with Gasteiger partial charge in [-0.15, -0.1) is 12.6 Å². The Kier molecular flexibility index (Phi) is 1.98. The summed E-state index contributed by atoms with van der Waals surface area (Å²) in [5.41, 5.74) is 1.03. The third kappa shape index (κ3) is 1.30. The topological polar surface area (TPSA) is 32.3 Å². The second kappa shape index (κ2) is 2.99. The highest BCUT2D eigenvalue weighted by Crippen LogP contribution is 2.29. The number of benzene rings is 1. The number of hydrogen-bond donors (Lipinski definition) is 3. The zero-order valence-electron chi connectivity index (χ0n) is 6.62. The summed E-state index contributed by atoms with van der Waals surface area (Å²) in [7, 11) is 0. The summed E-state index contributed by atoms with van der Waals surface area (Å²) in [6.45, 7) is 1.94. The predicted octanol–water partition coefficient (Wildman–Crippen LogP) is 1.37. The Morgan fingerprint density at radius 3 is 2.67 bits per heavy atom. The molecular weight excluding hydrogens is 170 g/mol. The van der Waals surface area contributed by atoms with Gasteiger partial charge in [-0.25, -0.2) is 0 Å². The highest BCUT2D eigenvalue weighted by molar-refractivity contribution is 7.80. The molecule has 1 fully saturated rings. The van der Waals surface area contributed by atoms with E-state index in [2.05, 4.69) is 17.9 Å². The summed E-state index contributed by atoms with van der Waals surface area (Å²) in [6.07, 6.45) is 0. The van der Waals surface area contributed by atoms with Crippen LogP contribution in [-0.2, 0) is 0 Å². The van der Waals surface area contributed by atoms with Gasteiger partial charge in [-0.05, 0) is 17.7 Å². The maximum Gasteiger partial charge on any atom is 0.120 e. The van der Waals surface area contributed by atoms with Gasteiger partial charge in [-0.3, -0.25) is 0 Å². The molecule has 1 aliphatic rings. The molecule has 1 saturated heterocycles. The molecule has 1 aliphatic heterocycles. The largest absolute Gasteiger partial charge is 0.508 e. The van der Waals surface area contributed by atoms with E-state index in [1.165, 1.54) is 0 Å². The van der Waals surface area contributed by atoms with Gasteiger partial charge in [-0.1, -0.05) is 6.07 Å². The molecule has 3 heteroatoms. The molecule has 0 atom stereocenters. The van der Waals surface area contributed by atoms with Crippen molar-refractivity contribution in [3.05, 3.63) is 23.8 Å². The van der Waals surface area contributed by atoms with Crippen molar-refractivity contribution in [2.24, 2.45) is 0 Å². The molecule has 0 aromatic heterocycles. The third-order valence-electron chi connectivity index (χ3n) is 2.24. The average Bonchev–Trinajstić information content (AvgIpc) is 1.91. The summed E-state index contributed by atoms with van der Waals surface area (Å²) in [6, 6.07) is 5.55. The molecule has 0 radical (unpaired) electrons. The number of rotatable bonds is 1. The quantitative estimate of drug-likeness (QED) is 0.572. The van der Waals surface area contributed by atoms with E-state index in [0.29, 0.717) is 11.7 Å². The van der Waals surface area contributed by atoms with Crippen LogP contribution >= 0.6 is 12.6 Å². The standard InChI is InChI=1S/C9H11NOS/c11-9-3-7(12)1-2-8(9)6-4-10-5-6/h1-3,6,10-12H,4-5H2. The van der Waals surface area contributed by atoms with Crippen LogP contribution in [0.1, 0.15) is 11.5 Å². The molecule has 1 aromatic rings. The van der Waals surface area contributed by atoms with E-state index in [-0.39, 0.29) is 0 Å². The number of thiol groups is 1. The molecule has 0 amide bonds. The molecule has 0 spiro atoms. The van der Waals surface area contributed by atoms with Crippen LogP contribution in [0.25, 0.3) is 0 Å². The Bertz CT molecular complexity index is 297. The minimum Gasteiger partial charge on any atom is -0.508 e. The normalized spacial score (nSPS) is 17.4. The van der Waals surface area contributed by atoms with Crippen LogP contribution in [-0.4, -0.2) is 18.2 Å². The van der Waals surface area contributed by atoms with Crippen molar-refractivity contribution >= 4 is 12.6 Å². The van der Waals surface area contributed by atoms with Gasteiger partial charge in [0, 0.05) is 23.9 Å². The predicted molar refractivity (Wildman–Crippen MR) is 51.0 cm³/mol. The molecule has 0 unspecified atom stereocenters. The molecule has 0 bridgehead atoms. The Hall–Kier alpha value is -0.670. The van der Waals surface area contributed by atoms with Crippen LogP contribution in [0.5, 0.6) is 5.75 Å². The minimum absolute atomic E-state index is 0.369. The van der Waals surface area contributed by atoms with E-state index >= 15 is 0 Å². The molecule has 2 N–H and O–H groups in total.